The zero-order chi connectivity index (χ0) is 37.2. The summed E-state index contributed by atoms with van der Waals surface area (Å²) in [5.74, 6) is 0.0187. The topological polar surface area (TPSA) is 101 Å². The van der Waals surface area contributed by atoms with Crippen molar-refractivity contribution in [3.8, 4) is 0 Å². The molecule has 2 N–H and O–H groups in total. The summed E-state index contributed by atoms with van der Waals surface area (Å²) in [5, 5.41) is 15.4. The van der Waals surface area contributed by atoms with Crippen LogP contribution in [0.25, 0.3) is 32.4 Å². The van der Waals surface area contributed by atoms with Crippen molar-refractivity contribution >= 4 is 42.5 Å². The van der Waals surface area contributed by atoms with Crippen LogP contribution in [0.1, 0.15) is 47.1 Å². The maximum atomic E-state index is 13.3. The van der Waals surface area contributed by atoms with E-state index in [1.54, 1.807) is 24.4 Å². The summed E-state index contributed by atoms with van der Waals surface area (Å²) in [6.07, 6.45) is 0.528. The van der Waals surface area contributed by atoms with Crippen molar-refractivity contribution in [3.63, 3.8) is 0 Å². The van der Waals surface area contributed by atoms with Crippen molar-refractivity contribution in [1.29, 1.82) is 0 Å². The molecule has 9 heteroatoms. The normalized spacial score (nSPS) is 19.2. The first-order chi connectivity index (χ1) is 26.3. The molecule has 0 bridgehead atoms. The first kappa shape index (κ1) is 36.0. The van der Waals surface area contributed by atoms with Crippen molar-refractivity contribution < 1.29 is 23.0 Å². The van der Waals surface area contributed by atoms with E-state index in [0.717, 1.165) is 34.2 Å². The molecule has 0 amide bonds. The number of likely N-dealkylation sites (N-methyl/N-ethyl adjacent to an activating group) is 1. The Morgan fingerprint density at radius 2 is 1.37 bits per heavy atom. The molecule has 1 aliphatic heterocycles. The van der Waals surface area contributed by atoms with Gasteiger partial charge in [0.1, 0.15) is 4.90 Å². The second-order valence-corrected chi connectivity index (χ2v) is 15.9. The molecule has 0 aliphatic carbocycles. The summed E-state index contributed by atoms with van der Waals surface area (Å²) in [6.45, 7) is 3.69. The zero-order valence-electron chi connectivity index (χ0n) is 30.3. The number of benzene rings is 6. The molecule has 7 aromatic rings. The maximum absolute atomic E-state index is 13.3. The van der Waals surface area contributed by atoms with E-state index in [4.69, 9.17) is 9.47 Å². The fourth-order valence-electron chi connectivity index (χ4n) is 7.59. The first-order valence-corrected chi connectivity index (χ1v) is 19.8. The number of nitrogens with zero attached hydrogens (tertiary/aromatic N) is 2. The van der Waals surface area contributed by atoms with Gasteiger partial charge in [0, 0.05) is 42.7 Å². The molecule has 0 radical (unpaired) electrons. The largest absolute Gasteiger partial charge is 0.392 e. The molecule has 6 aromatic carbocycles. The van der Waals surface area contributed by atoms with E-state index in [9.17, 15) is 13.5 Å². The van der Waals surface area contributed by atoms with Crippen LogP contribution in [0.3, 0.4) is 0 Å². The highest BCUT2D eigenvalue weighted by Crippen LogP contribution is 2.42. The highest BCUT2D eigenvalue weighted by atomic mass is 32.2. The van der Waals surface area contributed by atoms with Crippen molar-refractivity contribution in [1.82, 2.24) is 14.6 Å². The molecule has 274 valence electrons. The summed E-state index contributed by atoms with van der Waals surface area (Å²) >= 11 is 0. The highest BCUT2D eigenvalue weighted by molar-refractivity contribution is 7.89. The molecule has 1 aromatic heterocycles. The average Bonchev–Trinajstić information content (AvgIpc) is 3.21. The van der Waals surface area contributed by atoms with Gasteiger partial charge in [-0.1, -0.05) is 122 Å². The fraction of sp³-hybridized carbons (Fsp3) is 0.222. The molecule has 1 fully saturated rings. The van der Waals surface area contributed by atoms with Crippen molar-refractivity contribution in [2.45, 2.75) is 50.0 Å². The number of aromatic nitrogens is 1. The molecule has 0 spiro atoms. The van der Waals surface area contributed by atoms with Crippen LogP contribution >= 0.6 is 0 Å². The Balaban J connectivity index is 1.03. The summed E-state index contributed by atoms with van der Waals surface area (Å²) in [5.41, 5.74) is 5.24. The van der Waals surface area contributed by atoms with Gasteiger partial charge < -0.3 is 14.6 Å². The van der Waals surface area contributed by atoms with E-state index < -0.39 is 16.3 Å². The van der Waals surface area contributed by atoms with Gasteiger partial charge in [-0.15, -0.1) is 0 Å². The second kappa shape index (κ2) is 15.4. The maximum Gasteiger partial charge on any atom is 0.243 e. The number of aliphatic hydroxyl groups is 1. The molecule has 1 aliphatic rings. The third-order valence-corrected chi connectivity index (χ3v) is 12.0. The number of hydrogen-bond acceptors (Lipinski definition) is 7. The zero-order valence-corrected chi connectivity index (χ0v) is 31.1. The van der Waals surface area contributed by atoms with Gasteiger partial charge in [0.25, 0.3) is 0 Å². The van der Waals surface area contributed by atoms with Crippen LogP contribution in [0.4, 0.5) is 0 Å². The molecule has 8 nitrogen and oxygen atoms in total. The summed E-state index contributed by atoms with van der Waals surface area (Å²) in [6, 6.07) is 43.8. The van der Waals surface area contributed by atoms with E-state index in [-0.39, 0.29) is 36.2 Å². The van der Waals surface area contributed by atoms with Crippen LogP contribution in [-0.4, -0.2) is 43.1 Å². The Hall–Kier alpha value is -5.00. The summed E-state index contributed by atoms with van der Waals surface area (Å²) in [4.78, 5) is 6.80. The van der Waals surface area contributed by atoms with Gasteiger partial charge in [0.2, 0.25) is 10.0 Å². The van der Waals surface area contributed by atoms with E-state index in [0.29, 0.717) is 12.1 Å². The lowest BCUT2D eigenvalue weighted by molar-refractivity contribution is -0.276. The summed E-state index contributed by atoms with van der Waals surface area (Å²) in [7, 11) is -1.67. The summed E-state index contributed by atoms with van der Waals surface area (Å²) < 4.78 is 42.9. The lowest BCUT2D eigenvalue weighted by atomic mass is 9.89. The van der Waals surface area contributed by atoms with Crippen LogP contribution in [0.15, 0.2) is 145 Å². The Kier molecular flexibility index (Phi) is 10.3. The number of hydrogen-bond donors (Lipinski definition) is 2. The number of fused-ring (bicyclic) bond motifs is 3. The van der Waals surface area contributed by atoms with Crippen molar-refractivity contribution in [2.24, 2.45) is 5.92 Å². The number of nitrogens with one attached hydrogen (secondary N) is 1. The lowest BCUT2D eigenvalue weighted by Crippen LogP contribution is -2.43. The number of para-hydroxylation sites is 1. The number of aliphatic hydroxyl groups excluding tert-OH is 1. The molecule has 54 heavy (non-hydrogen) atoms. The van der Waals surface area contributed by atoms with E-state index in [1.807, 2.05) is 60.7 Å². The smallest absolute Gasteiger partial charge is 0.243 e. The second-order valence-electron chi connectivity index (χ2n) is 14.2. The third kappa shape index (κ3) is 7.39. The minimum atomic E-state index is -3.81. The molecular weight excluding hydrogens is 695 g/mol. The SMILES string of the molecule is C[C@H]1[C@@H](CN(C)Cc2c3ccccc3cc3ccccc23)OC(c2ccc(CNS(=O)(=O)c3cccc4cccnc34)cc2)O[C@H]1c1ccc(CO)cc1. The average molecular weight is 738 g/mol. The van der Waals surface area contributed by atoms with Gasteiger partial charge in [-0.25, -0.2) is 13.1 Å². The van der Waals surface area contributed by atoms with Crippen molar-refractivity contribution in [2.75, 3.05) is 13.6 Å². The van der Waals surface area contributed by atoms with Crippen LogP contribution in [0.5, 0.6) is 0 Å². The highest BCUT2D eigenvalue weighted by Gasteiger charge is 2.39. The molecule has 1 saturated heterocycles. The van der Waals surface area contributed by atoms with Gasteiger partial charge in [-0.05, 0) is 69.0 Å². The third-order valence-electron chi connectivity index (χ3n) is 10.5. The number of pyridine rings is 1. The van der Waals surface area contributed by atoms with Crippen LogP contribution in [0, 0.1) is 5.92 Å². The van der Waals surface area contributed by atoms with Crippen LogP contribution < -0.4 is 4.72 Å². The predicted molar refractivity (Wildman–Crippen MR) is 213 cm³/mol. The Morgan fingerprint density at radius 1 is 0.741 bits per heavy atom. The molecular formula is C45H43N3O5S. The molecule has 4 atom stereocenters. The van der Waals surface area contributed by atoms with Gasteiger partial charge in [0.15, 0.2) is 6.29 Å². The quantitative estimate of drug-likeness (QED) is 0.129. The van der Waals surface area contributed by atoms with Crippen molar-refractivity contribution in [3.05, 3.63) is 167 Å². The number of ether oxygens (including phenoxy) is 2. The van der Waals surface area contributed by atoms with Gasteiger partial charge in [0.05, 0.1) is 24.3 Å². The molecule has 1 unspecified atom stereocenters. The fourth-order valence-corrected chi connectivity index (χ4v) is 8.78. The monoisotopic (exact) mass is 737 g/mol. The molecule has 8 rings (SSSR count). The predicted octanol–water partition coefficient (Wildman–Crippen LogP) is 8.44. The first-order valence-electron chi connectivity index (χ1n) is 18.3. The minimum absolute atomic E-state index is 0.0187. The van der Waals surface area contributed by atoms with E-state index >= 15 is 0 Å². The molecule has 2 heterocycles. The standard InChI is InChI=1S/C45H43N3O5S/c1-30-41(28-48(2)27-40-38-13-5-3-9-36(38)25-37-10-4-6-14-39(37)40)52-45(53-44(30)34-20-18-32(29-49)19-21-34)35-22-16-31(17-23-35)26-47-54(50,51)42-15-7-11-33-12-8-24-46-43(33)42/h3-25,30,41,44-45,47,49H,26-29H2,1-2H3/t30-,41+,44+,45?/m0/s1. The van der Waals surface area contributed by atoms with Crippen LogP contribution in [-0.2, 0) is 39.2 Å². The number of sulfonamides is 1. The van der Waals surface area contributed by atoms with E-state index in [1.165, 1.54) is 27.1 Å². The van der Waals surface area contributed by atoms with E-state index in [2.05, 4.69) is 83.2 Å². The minimum Gasteiger partial charge on any atom is -0.392 e. The van der Waals surface area contributed by atoms with Crippen LogP contribution in [0.2, 0.25) is 0 Å². The lowest BCUT2D eigenvalue weighted by Gasteiger charge is -2.42. The molecule has 0 saturated carbocycles. The Bertz CT molecular complexity index is 2470. The van der Waals surface area contributed by atoms with Gasteiger partial charge in [-0.3, -0.25) is 9.88 Å². The Morgan fingerprint density at radius 3 is 2.07 bits per heavy atom. The van der Waals surface area contributed by atoms with Gasteiger partial charge in [-0.2, -0.15) is 0 Å². The van der Waals surface area contributed by atoms with Gasteiger partial charge >= 0.3 is 0 Å². The Labute approximate surface area is 316 Å². The number of rotatable bonds is 11.